The van der Waals surface area contributed by atoms with Crippen molar-refractivity contribution in [1.29, 1.82) is 0 Å². The van der Waals surface area contributed by atoms with Crippen molar-refractivity contribution in [2.24, 2.45) is 0 Å². The van der Waals surface area contributed by atoms with E-state index in [0.717, 1.165) is 0 Å². The summed E-state index contributed by atoms with van der Waals surface area (Å²) in [6, 6.07) is 8.26. The fourth-order valence-electron chi connectivity index (χ4n) is 0.949. The van der Waals surface area contributed by atoms with Gasteiger partial charge in [-0.3, -0.25) is 0 Å². The van der Waals surface area contributed by atoms with Crippen LogP contribution >= 0.6 is 22.6 Å². The minimum absolute atomic E-state index is 0.696. The van der Waals surface area contributed by atoms with Crippen molar-refractivity contribution < 1.29 is 4.74 Å². The normalized spacial score (nSPS) is 10.9. The summed E-state index contributed by atoms with van der Waals surface area (Å²) in [5.74, 6) is 0. The molecule has 0 saturated carbocycles. The molecule has 0 aliphatic rings. The molecule has 1 aromatic rings. The average Bonchev–Trinajstić information content (AvgIpc) is 2.15. The number of hydrogen-bond donors (Lipinski definition) is 0. The Balaban J connectivity index is 2.41. The van der Waals surface area contributed by atoms with Crippen molar-refractivity contribution in [3.63, 3.8) is 0 Å². The van der Waals surface area contributed by atoms with Crippen LogP contribution in [0.2, 0.25) is 0 Å². The molecule has 0 amide bonds. The number of benzene rings is 1. The van der Waals surface area contributed by atoms with Gasteiger partial charge in [-0.2, -0.15) is 0 Å². The zero-order valence-corrected chi connectivity index (χ0v) is 9.82. The van der Waals surface area contributed by atoms with E-state index in [1.54, 1.807) is 0 Å². The molecule has 70 valence electrons. The highest BCUT2D eigenvalue weighted by molar-refractivity contribution is 14.1. The van der Waals surface area contributed by atoms with Crippen LogP contribution in [-0.4, -0.2) is 6.61 Å². The van der Waals surface area contributed by atoms with E-state index in [9.17, 15) is 0 Å². The van der Waals surface area contributed by atoms with E-state index in [0.29, 0.717) is 13.2 Å². The highest BCUT2D eigenvalue weighted by Gasteiger charge is 1.96. The Labute approximate surface area is 92.9 Å². The lowest BCUT2D eigenvalue weighted by Crippen LogP contribution is -1.94. The van der Waals surface area contributed by atoms with Crippen molar-refractivity contribution in [2.75, 3.05) is 6.61 Å². The summed E-state index contributed by atoms with van der Waals surface area (Å²) in [4.78, 5) is 0. The lowest BCUT2D eigenvalue weighted by Gasteiger charge is -2.03. The summed E-state index contributed by atoms with van der Waals surface area (Å²) in [5.41, 5.74) is 1.26. The van der Waals surface area contributed by atoms with Crippen molar-refractivity contribution in [3.8, 4) is 0 Å². The molecule has 0 fully saturated rings. The van der Waals surface area contributed by atoms with Crippen LogP contribution in [0.25, 0.3) is 0 Å². The van der Waals surface area contributed by atoms with Crippen molar-refractivity contribution in [2.45, 2.75) is 13.5 Å². The van der Waals surface area contributed by atoms with Crippen LogP contribution in [0.15, 0.2) is 36.4 Å². The molecule has 0 N–H and O–H groups in total. The van der Waals surface area contributed by atoms with Gasteiger partial charge in [0.15, 0.2) is 0 Å². The summed E-state index contributed by atoms with van der Waals surface area (Å²) in [7, 11) is 0. The van der Waals surface area contributed by atoms with Crippen LogP contribution in [0.4, 0.5) is 0 Å². The quantitative estimate of drug-likeness (QED) is 0.469. The zero-order chi connectivity index (χ0) is 9.52. The first-order chi connectivity index (χ1) is 6.34. The largest absolute Gasteiger partial charge is 0.373 e. The molecule has 1 nitrogen and oxygen atoms in total. The van der Waals surface area contributed by atoms with Gasteiger partial charge in [-0.15, -0.1) is 0 Å². The van der Waals surface area contributed by atoms with Gasteiger partial charge < -0.3 is 4.74 Å². The summed E-state index contributed by atoms with van der Waals surface area (Å²) < 4.78 is 6.71. The van der Waals surface area contributed by atoms with Gasteiger partial charge in [0, 0.05) is 3.57 Å². The molecule has 2 heteroatoms. The second-order valence-electron chi connectivity index (χ2n) is 2.68. The topological polar surface area (TPSA) is 9.23 Å². The Kier molecular flexibility index (Phi) is 5.08. The van der Waals surface area contributed by atoms with Crippen LogP contribution in [0.1, 0.15) is 12.5 Å². The Bertz CT molecular complexity index is 281. The first-order valence-electron chi connectivity index (χ1n) is 4.27. The summed E-state index contributed by atoms with van der Waals surface area (Å²) in [6.45, 7) is 3.39. The fourth-order valence-corrected chi connectivity index (χ4v) is 1.49. The number of allylic oxidation sites excluding steroid dienone is 1. The summed E-state index contributed by atoms with van der Waals surface area (Å²) >= 11 is 2.32. The average molecular weight is 288 g/mol. The lowest BCUT2D eigenvalue weighted by molar-refractivity contribution is 0.148. The van der Waals surface area contributed by atoms with Crippen LogP contribution in [0.3, 0.4) is 0 Å². The second kappa shape index (κ2) is 6.16. The van der Waals surface area contributed by atoms with Gasteiger partial charge >= 0.3 is 0 Å². The van der Waals surface area contributed by atoms with E-state index in [-0.39, 0.29) is 0 Å². The van der Waals surface area contributed by atoms with Crippen molar-refractivity contribution in [3.05, 3.63) is 45.6 Å². The van der Waals surface area contributed by atoms with Crippen molar-refractivity contribution >= 4 is 22.6 Å². The minimum Gasteiger partial charge on any atom is -0.373 e. The van der Waals surface area contributed by atoms with E-state index in [1.807, 2.05) is 31.2 Å². The SMILES string of the molecule is C/C=C/COCc1ccccc1I. The Hall–Kier alpha value is -0.350. The molecule has 0 heterocycles. The number of hydrogen-bond acceptors (Lipinski definition) is 1. The van der Waals surface area contributed by atoms with E-state index in [1.165, 1.54) is 9.13 Å². The molecule has 0 aliphatic carbocycles. The maximum Gasteiger partial charge on any atom is 0.0731 e. The zero-order valence-electron chi connectivity index (χ0n) is 7.66. The van der Waals surface area contributed by atoms with Crippen LogP contribution < -0.4 is 0 Å². The highest BCUT2D eigenvalue weighted by Crippen LogP contribution is 2.12. The van der Waals surface area contributed by atoms with Gasteiger partial charge in [-0.1, -0.05) is 30.4 Å². The maximum absolute atomic E-state index is 5.45. The number of ether oxygens (including phenoxy) is 1. The minimum atomic E-state index is 0.696. The van der Waals surface area contributed by atoms with Gasteiger partial charge in [0.05, 0.1) is 13.2 Å². The first-order valence-corrected chi connectivity index (χ1v) is 5.34. The third-order valence-corrected chi connectivity index (χ3v) is 2.72. The summed E-state index contributed by atoms with van der Waals surface area (Å²) in [5, 5.41) is 0. The van der Waals surface area contributed by atoms with Gasteiger partial charge in [0.2, 0.25) is 0 Å². The Morgan fingerprint density at radius 3 is 2.85 bits per heavy atom. The molecule has 0 radical (unpaired) electrons. The smallest absolute Gasteiger partial charge is 0.0731 e. The van der Waals surface area contributed by atoms with Crippen LogP contribution in [0, 0.1) is 3.57 Å². The fraction of sp³-hybridized carbons (Fsp3) is 0.273. The molecule has 0 spiro atoms. The lowest BCUT2D eigenvalue weighted by atomic mass is 10.2. The molecular formula is C11H13IO. The van der Waals surface area contributed by atoms with Crippen LogP contribution in [0.5, 0.6) is 0 Å². The van der Waals surface area contributed by atoms with E-state index < -0.39 is 0 Å². The summed E-state index contributed by atoms with van der Waals surface area (Å²) in [6.07, 6.45) is 4.01. The van der Waals surface area contributed by atoms with E-state index >= 15 is 0 Å². The molecule has 13 heavy (non-hydrogen) atoms. The third-order valence-electron chi connectivity index (χ3n) is 1.67. The molecule has 0 bridgehead atoms. The van der Waals surface area contributed by atoms with Crippen molar-refractivity contribution in [1.82, 2.24) is 0 Å². The second-order valence-corrected chi connectivity index (χ2v) is 3.84. The Morgan fingerprint density at radius 2 is 2.15 bits per heavy atom. The monoisotopic (exact) mass is 288 g/mol. The molecule has 1 aromatic carbocycles. The van der Waals surface area contributed by atoms with Crippen LogP contribution in [-0.2, 0) is 11.3 Å². The standard InChI is InChI=1S/C11H13IO/c1-2-3-8-13-9-10-6-4-5-7-11(10)12/h2-7H,8-9H2,1H3/b3-2+. The van der Waals surface area contributed by atoms with E-state index in [4.69, 9.17) is 4.74 Å². The first kappa shape index (κ1) is 10.7. The third kappa shape index (κ3) is 3.91. The number of rotatable bonds is 4. The number of halogens is 1. The van der Waals surface area contributed by atoms with E-state index in [2.05, 4.69) is 34.7 Å². The molecular weight excluding hydrogens is 275 g/mol. The maximum atomic E-state index is 5.45. The van der Waals surface area contributed by atoms with Gasteiger partial charge in [0.1, 0.15) is 0 Å². The predicted octanol–water partition coefficient (Wildman–Crippen LogP) is 3.38. The van der Waals surface area contributed by atoms with Gasteiger partial charge in [-0.25, -0.2) is 0 Å². The van der Waals surface area contributed by atoms with Gasteiger partial charge in [0.25, 0.3) is 0 Å². The highest BCUT2D eigenvalue weighted by atomic mass is 127. The molecule has 0 saturated heterocycles. The molecule has 0 aromatic heterocycles. The molecule has 0 unspecified atom stereocenters. The predicted molar refractivity (Wildman–Crippen MR) is 63.6 cm³/mol. The van der Waals surface area contributed by atoms with Gasteiger partial charge in [-0.05, 0) is 41.1 Å². The molecule has 0 atom stereocenters. The molecule has 0 aliphatic heterocycles. The Morgan fingerprint density at radius 1 is 1.38 bits per heavy atom. The molecule has 1 rings (SSSR count).